The van der Waals surface area contributed by atoms with E-state index in [0.29, 0.717) is 11.4 Å². The second-order valence-electron chi connectivity index (χ2n) is 3.52. The van der Waals surface area contributed by atoms with Gasteiger partial charge in [0, 0.05) is 11.4 Å². The maximum absolute atomic E-state index is 11.8. The summed E-state index contributed by atoms with van der Waals surface area (Å²) in [7, 11) is 0. The Labute approximate surface area is 106 Å². The van der Waals surface area contributed by atoms with Gasteiger partial charge in [-0.1, -0.05) is 6.07 Å². The molecule has 1 aromatic carbocycles. The molecule has 9 nitrogen and oxygen atoms in total. The summed E-state index contributed by atoms with van der Waals surface area (Å²) >= 11 is 0. The van der Waals surface area contributed by atoms with Gasteiger partial charge in [0.1, 0.15) is 0 Å². The van der Waals surface area contributed by atoms with Crippen molar-refractivity contribution in [1.82, 2.24) is 10.3 Å². The first-order chi connectivity index (χ1) is 9.06. The number of nitrogens with two attached hydrogens (primary N) is 2. The number of nitrogen functional groups attached to an aromatic ring is 1. The molecule has 0 fully saturated rings. The molecule has 0 aliphatic rings. The van der Waals surface area contributed by atoms with Gasteiger partial charge in [0.25, 0.3) is 5.91 Å². The van der Waals surface area contributed by atoms with Crippen molar-refractivity contribution in [3.05, 3.63) is 30.0 Å². The van der Waals surface area contributed by atoms with Crippen LogP contribution in [-0.2, 0) is 0 Å². The average molecular weight is 262 g/mol. The van der Waals surface area contributed by atoms with Crippen molar-refractivity contribution >= 4 is 29.1 Å². The van der Waals surface area contributed by atoms with Crippen LogP contribution in [0, 0.1) is 0 Å². The van der Waals surface area contributed by atoms with E-state index in [1.807, 2.05) is 0 Å². The Morgan fingerprint density at radius 3 is 2.42 bits per heavy atom. The first kappa shape index (κ1) is 12.4. The van der Waals surface area contributed by atoms with Crippen molar-refractivity contribution in [1.29, 1.82) is 0 Å². The highest BCUT2D eigenvalue weighted by atomic mass is 16.6. The predicted octanol–water partition coefficient (Wildman–Crippen LogP) is 0.395. The zero-order valence-electron chi connectivity index (χ0n) is 9.58. The Kier molecular flexibility index (Phi) is 3.28. The molecule has 0 radical (unpaired) electrons. The number of rotatable bonds is 3. The van der Waals surface area contributed by atoms with Gasteiger partial charge in [-0.15, -0.1) is 0 Å². The molecule has 0 atom stereocenters. The molecule has 3 amide bonds. The van der Waals surface area contributed by atoms with Gasteiger partial charge in [-0.2, -0.15) is 0 Å². The van der Waals surface area contributed by atoms with Crippen molar-refractivity contribution in [2.45, 2.75) is 0 Å². The van der Waals surface area contributed by atoms with E-state index in [4.69, 9.17) is 11.5 Å². The Hall–Kier alpha value is -3.10. The van der Waals surface area contributed by atoms with Crippen LogP contribution < -0.4 is 22.1 Å². The number of aromatic nitrogens is 2. The molecule has 19 heavy (non-hydrogen) atoms. The van der Waals surface area contributed by atoms with Gasteiger partial charge < -0.3 is 22.1 Å². The van der Waals surface area contributed by atoms with Crippen molar-refractivity contribution in [3.63, 3.8) is 0 Å². The fourth-order valence-corrected chi connectivity index (χ4v) is 1.36. The number of benzene rings is 1. The quantitative estimate of drug-likeness (QED) is 0.628. The first-order valence-electron chi connectivity index (χ1n) is 5.12. The van der Waals surface area contributed by atoms with Crippen LogP contribution in [0.5, 0.6) is 0 Å². The maximum atomic E-state index is 11.8. The van der Waals surface area contributed by atoms with Crippen LogP contribution in [0.2, 0.25) is 0 Å². The van der Waals surface area contributed by atoms with Gasteiger partial charge in [-0.3, -0.25) is 4.79 Å². The van der Waals surface area contributed by atoms with Crippen LogP contribution in [-0.4, -0.2) is 22.3 Å². The molecule has 0 spiro atoms. The molecule has 0 aliphatic heterocycles. The van der Waals surface area contributed by atoms with Crippen LogP contribution in [0.15, 0.2) is 28.9 Å². The highest BCUT2D eigenvalue weighted by molar-refractivity contribution is 6.05. The summed E-state index contributed by atoms with van der Waals surface area (Å²) in [5.74, 6) is -0.682. The van der Waals surface area contributed by atoms with Crippen molar-refractivity contribution in [2.24, 2.45) is 5.73 Å². The van der Waals surface area contributed by atoms with E-state index in [0.717, 1.165) is 0 Å². The smallest absolute Gasteiger partial charge is 0.316 e. The number of urea groups is 1. The number of hydrogen-bond acceptors (Lipinski definition) is 6. The molecule has 2 rings (SSSR count). The molecule has 1 aromatic heterocycles. The van der Waals surface area contributed by atoms with Crippen molar-refractivity contribution in [3.8, 4) is 0 Å². The SMILES string of the molecule is NC(=O)Nc1cccc(NC(=O)c2nonc2N)c1. The Balaban J connectivity index is 2.13. The molecular weight excluding hydrogens is 252 g/mol. The minimum absolute atomic E-state index is 0.107. The Morgan fingerprint density at radius 2 is 1.84 bits per heavy atom. The molecule has 0 saturated carbocycles. The van der Waals surface area contributed by atoms with E-state index in [-0.39, 0.29) is 11.5 Å². The number of anilines is 3. The summed E-state index contributed by atoms with van der Waals surface area (Å²) in [6.45, 7) is 0. The topological polar surface area (TPSA) is 149 Å². The minimum atomic E-state index is -0.701. The van der Waals surface area contributed by atoms with E-state index in [9.17, 15) is 9.59 Å². The van der Waals surface area contributed by atoms with E-state index in [2.05, 4.69) is 25.6 Å². The molecular formula is C10H10N6O3. The van der Waals surface area contributed by atoms with Crippen LogP contribution in [0.3, 0.4) is 0 Å². The number of nitrogens with one attached hydrogen (secondary N) is 2. The highest BCUT2D eigenvalue weighted by Crippen LogP contribution is 2.16. The average Bonchev–Trinajstić information content (AvgIpc) is 2.75. The van der Waals surface area contributed by atoms with Gasteiger partial charge in [0.15, 0.2) is 0 Å². The third kappa shape index (κ3) is 2.97. The summed E-state index contributed by atoms with van der Waals surface area (Å²) in [4.78, 5) is 22.5. The number of carbonyl (C=O) groups is 2. The third-order valence-corrected chi connectivity index (χ3v) is 2.12. The third-order valence-electron chi connectivity index (χ3n) is 2.12. The number of nitrogens with zero attached hydrogens (tertiary/aromatic N) is 2. The standard InChI is InChI=1S/C10H10N6O3/c11-8-7(15-19-16-8)9(17)13-5-2-1-3-6(4-5)14-10(12)18/h1-4H,(H2,11,16)(H,13,17)(H3,12,14,18). The molecule has 0 unspecified atom stereocenters. The number of hydrogen-bond donors (Lipinski definition) is 4. The monoisotopic (exact) mass is 262 g/mol. The highest BCUT2D eigenvalue weighted by Gasteiger charge is 2.16. The van der Waals surface area contributed by atoms with Gasteiger partial charge in [-0.05, 0) is 28.5 Å². The Bertz CT molecular complexity index is 623. The normalized spacial score (nSPS) is 9.89. The van der Waals surface area contributed by atoms with Gasteiger partial charge in [0.2, 0.25) is 11.5 Å². The largest absolute Gasteiger partial charge is 0.379 e. The summed E-state index contributed by atoms with van der Waals surface area (Å²) in [6, 6.07) is 5.69. The zero-order chi connectivity index (χ0) is 13.8. The van der Waals surface area contributed by atoms with Crippen LogP contribution in [0.25, 0.3) is 0 Å². The minimum Gasteiger partial charge on any atom is -0.379 e. The van der Waals surface area contributed by atoms with E-state index in [1.165, 1.54) is 6.07 Å². The second kappa shape index (κ2) is 5.04. The first-order valence-corrected chi connectivity index (χ1v) is 5.12. The number of carbonyl (C=O) groups excluding carboxylic acids is 2. The van der Waals surface area contributed by atoms with E-state index in [1.54, 1.807) is 18.2 Å². The Morgan fingerprint density at radius 1 is 1.16 bits per heavy atom. The van der Waals surface area contributed by atoms with E-state index < -0.39 is 11.9 Å². The van der Waals surface area contributed by atoms with Gasteiger partial charge in [-0.25, -0.2) is 9.42 Å². The van der Waals surface area contributed by atoms with Gasteiger partial charge in [0.05, 0.1) is 0 Å². The predicted molar refractivity (Wildman–Crippen MR) is 66.3 cm³/mol. The lowest BCUT2D eigenvalue weighted by molar-refractivity contribution is 0.101. The van der Waals surface area contributed by atoms with Crippen molar-refractivity contribution in [2.75, 3.05) is 16.4 Å². The second-order valence-corrected chi connectivity index (χ2v) is 3.52. The molecule has 2 aromatic rings. The van der Waals surface area contributed by atoms with Gasteiger partial charge >= 0.3 is 6.03 Å². The molecule has 9 heteroatoms. The molecule has 6 N–H and O–H groups in total. The molecule has 0 aliphatic carbocycles. The zero-order valence-corrected chi connectivity index (χ0v) is 9.58. The fraction of sp³-hybridized carbons (Fsp3) is 0. The molecule has 0 bridgehead atoms. The lowest BCUT2D eigenvalue weighted by atomic mass is 10.2. The molecule has 98 valence electrons. The summed E-state index contributed by atoms with van der Waals surface area (Å²) in [5.41, 5.74) is 11.1. The lowest BCUT2D eigenvalue weighted by Gasteiger charge is -2.06. The maximum Gasteiger partial charge on any atom is 0.316 e. The summed E-state index contributed by atoms with van der Waals surface area (Å²) in [6.07, 6.45) is 0. The van der Waals surface area contributed by atoms with E-state index >= 15 is 0 Å². The lowest BCUT2D eigenvalue weighted by Crippen LogP contribution is -2.19. The number of primary amides is 1. The summed E-state index contributed by atoms with van der Waals surface area (Å²) < 4.78 is 4.32. The molecule has 0 saturated heterocycles. The number of amides is 3. The van der Waals surface area contributed by atoms with Crippen LogP contribution >= 0.6 is 0 Å². The fourth-order valence-electron chi connectivity index (χ4n) is 1.36. The van der Waals surface area contributed by atoms with Crippen LogP contribution in [0.1, 0.15) is 10.5 Å². The summed E-state index contributed by atoms with van der Waals surface area (Å²) in [5, 5.41) is 11.6. The van der Waals surface area contributed by atoms with Crippen LogP contribution in [0.4, 0.5) is 22.0 Å². The molecule has 1 heterocycles. The van der Waals surface area contributed by atoms with Crippen molar-refractivity contribution < 1.29 is 14.2 Å².